The highest BCUT2D eigenvalue weighted by Crippen LogP contribution is 2.31. The van der Waals surface area contributed by atoms with Crippen LogP contribution in [0.1, 0.15) is 25.7 Å². The van der Waals surface area contributed by atoms with E-state index in [1.807, 2.05) is 6.07 Å². The van der Waals surface area contributed by atoms with Gasteiger partial charge in [-0.2, -0.15) is 0 Å². The van der Waals surface area contributed by atoms with Crippen molar-refractivity contribution < 1.29 is 9.66 Å². The Morgan fingerprint density at radius 2 is 2.00 bits per heavy atom. The molecule has 1 saturated carbocycles. The van der Waals surface area contributed by atoms with Crippen LogP contribution in [0.4, 0.5) is 5.69 Å². The van der Waals surface area contributed by atoms with Crippen LogP contribution in [0.15, 0.2) is 18.2 Å². The van der Waals surface area contributed by atoms with E-state index < -0.39 is 4.92 Å². The Labute approximate surface area is 119 Å². The number of halogens is 1. The van der Waals surface area contributed by atoms with Gasteiger partial charge in [0.2, 0.25) is 0 Å². The molecule has 0 unspecified atom stereocenters. The second-order valence-corrected chi connectivity index (χ2v) is 5.77. The van der Waals surface area contributed by atoms with Crippen molar-refractivity contribution in [1.29, 1.82) is 0 Å². The smallest absolute Gasteiger partial charge is 0.311 e. The number of hydrogen-bond donors (Lipinski definition) is 1. The summed E-state index contributed by atoms with van der Waals surface area (Å²) in [6.07, 6.45) is 3.61. The van der Waals surface area contributed by atoms with Crippen molar-refractivity contribution in [1.82, 2.24) is 0 Å². The van der Waals surface area contributed by atoms with Gasteiger partial charge in [-0.05, 0) is 60.4 Å². The maximum absolute atomic E-state index is 11.0. The molecule has 0 heterocycles. The van der Waals surface area contributed by atoms with Crippen LogP contribution < -0.4 is 10.5 Å². The molecule has 1 fully saturated rings. The standard InChI is InChI=1S/C12H15IN2O3/c13-8-1-6-12(11(7-8)15(16)17)18-10-4-2-9(14)3-5-10/h1,6-7,9-10H,2-5,14H2. The van der Waals surface area contributed by atoms with E-state index in [2.05, 4.69) is 22.6 Å². The highest BCUT2D eigenvalue weighted by atomic mass is 127. The molecule has 2 N–H and O–H groups in total. The minimum atomic E-state index is -0.397. The number of rotatable bonds is 3. The van der Waals surface area contributed by atoms with Crippen molar-refractivity contribution in [2.45, 2.75) is 37.8 Å². The molecule has 0 atom stereocenters. The summed E-state index contributed by atoms with van der Waals surface area (Å²) in [6, 6.07) is 5.27. The summed E-state index contributed by atoms with van der Waals surface area (Å²) >= 11 is 2.05. The largest absolute Gasteiger partial charge is 0.484 e. The highest BCUT2D eigenvalue weighted by molar-refractivity contribution is 14.1. The van der Waals surface area contributed by atoms with Gasteiger partial charge in [-0.15, -0.1) is 0 Å². The van der Waals surface area contributed by atoms with Gasteiger partial charge >= 0.3 is 5.69 Å². The molecule has 1 aliphatic carbocycles. The first-order valence-corrected chi connectivity index (χ1v) is 7.00. The number of hydrogen-bond acceptors (Lipinski definition) is 4. The zero-order chi connectivity index (χ0) is 13.1. The third-order valence-corrected chi connectivity index (χ3v) is 3.80. The van der Waals surface area contributed by atoms with Crippen molar-refractivity contribution in [3.8, 4) is 5.75 Å². The topological polar surface area (TPSA) is 78.4 Å². The summed E-state index contributed by atoms with van der Waals surface area (Å²) in [4.78, 5) is 10.6. The molecule has 0 amide bonds. The third kappa shape index (κ3) is 3.32. The average Bonchev–Trinajstić information content (AvgIpc) is 2.34. The molecular weight excluding hydrogens is 347 g/mol. The summed E-state index contributed by atoms with van der Waals surface area (Å²) in [7, 11) is 0. The molecule has 1 aliphatic rings. The highest BCUT2D eigenvalue weighted by Gasteiger charge is 2.23. The summed E-state index contributed by atoms with van der Waals surface area (Å²) in [5, 5.41) is 11.0. The second-order valence-electron chi connectivity index (χ2n) is 4.52. The molecule has 0 aromatic heterocycles. The van der Waals surface area contributed by atoms with E-state index >= 15 is 0 Å². The molecule has 2 rings (SSSR count). The van der Waals surface area contributed by atoms with Gasteiger partial charge in [-0.3, -0.25) is 10.1 Å². The lowest BCUT2D eigenvalue weighted by Gasteiger charge is -2.26. The molecule has 0 saturated heterocycles. The van der Waals surface area contributed by atoms with Crippen molar-refractivity contribution in [3.63, 3.8) is 0 Å². The molecule has 6 heteroatoms. The van der Waals surface area contributed by atoms with Gasteiger partial charge in [-0.25, -0.2) is 0 Å². The first-order chi connectivity index (χ1) is 8.56. The van der Waals surface area contributed by atoms with E-state index in [1.165, 1.54) is 6.07 Å². The van der Waals surface area contributed by atoms with E-state index in [1.54, 1.807) is 6.07 Å². The number of nitrogens with zero attached hydrogens (tertiary/aromatic N) is 1. The zero-order valence-corrected chi connectivity index (χ0v) is 12.0. The lowest BCUT2D eigenvalue weighted by atomic mass is 9.94. The minimum absolute atomic E-state index is 0.0387. The van der Waals surface area contributed by atoms with Crippen molar-refractivity contribution >= 4 is 28.3 Å². The Balaban J connectivity index is 2.11. The number of ether oxygens (including phenoxy) is 1. The van der Waals surface area contributed by atoms with Crippen LogP contribution in [0, 0.1) is 13.7 Å². The maximum atomic E-state index is 11.0. The Morgan fingerprint density at radius 3 is 2.61 bits per heavy atom. The third-order valence-electron chi connectivity index (χ3n) is 3.13. The zero-order valence-electron chi connectivity index (χ0n) is 9.84. The van der Waals surface area contributed by atoms with Crippen LogP contribution in [0.25, 0.3) is 0 Å². The fourth-order valence-electron chi connectivity index (χ4n) is 2.12. The number of benzene rings is 1. The van der Waals surface area contributed by atoms with Crippen molar-refractivity contribution in [3.05, 3.63) is 31.9 Å². The Kier molecular flexibility index (Phi) is 4.39. The van der Waals surface area contributed by atoms with Crippen LogP contribution in [0.5, 0.6) is 5.75 Å². The van der Waals surface area contributed by atoms with Gasteiger partial charge in [0, 0.05) is 15.7 Å². The SMILES string of the molecule is NC1CCC(Oc2ccc(I)cc2[N+](=O)[O-])CC1. The van der Waals surface area contributed by atoms with Gasteiger partial charge in [-0.1, -0.05) is 0 Å². The van der Waals surface area contributed by atoms with E-state index in [-0.39, 0.29) is 17.8 Å². The van der Waals surface area contributed by atoms with Gasteiger partial charge in [0.05, 0.1) is 11.0 Å². The number of nitro groups is 1. The van der Waals surface area contributed by atoms with Gasteiger partial charge in [0.25, 0.3) is 0 Å². The van der Waals surface area contributed by atoms with E-state index in [9.17, 15) is 10.1 Å². The average molecular weight is 362 g/mol. The summed E-state index contributed by atoms with van der Waals surface area (Å²) < 4.78 is 6.58. The molecule has 1 aromatic rings. The lowest BCUT2D eigenvalue weighted by molar-refractivity contribution is -0.386. The Morgan fingerprint density at radius 1 is 1.33 bits per heavy atom. The molecule has 0 aliphatic heterocycles. The quantitative estimate of drug-likeness (QED) is 0.510. The molecule has 1 aromatic carbocycles. The number of nitrogens with two attached hydrogens (primary N) is 1. The predicted octanol–water partition coefficient (Wildman–Crippen LogP) is 2.85. The second kappa shape index (κ2) is 5.83. The maximum Gasteiger partial charge on any atom is 0.311 e. The molecule has 0 radical (unpaired) electrons. The van der Waals surface area contributed by atoms with Crippen molar-refractivity contribution in [2.75, 3.05) is 0 Å². The summed E-state index contributed by atoms with van der Waals surface area (Å²) in [5.41, 5.74) is 5.86. The van der Waals surface area contributed by atoms with Crippen LogP contribution in [0.3, 0.4) is 0 Å². The summed E-state index contributed by atoms with van der Waals surface area (Å²) in [5.74, 6) is 0.362. The lowest BCUT2D eigenvalue weighted by Crippen LogP contribution is -2.31. The summed E-state index contributed by atoms with van der Waals surface area (Å²) in [6.45, 7) is 0. The Hall–Kier alpha value is -0.890. The van der Waals surface area contributed by atoms with E-state index in [0.29, 0.717) is 5.75 Å². The first-order valence-electron chi connectivity index (χ1n) is 5.92. The fraction of sp³-hybridized carbons (Fsp3) is 0.500. The monoisotopic (exact) mass is 362 g/mol. The van der Waals surface area contributed by atoms with Crippen LogP contribution >= 0.6 is 22.6 Å². The molecule has 98 valence electrons. The molecular formula is C12H15IN2O3. The molecule has 5 nitrogen and oxygen atoms in total. The molecule has 18 heavy (non-hydrogen) atoms. The predicted molar refractivity (Wildman–Crippen MR) is 76.7 cm³/mol. The van der Waals surface area contributed by atoms with E-state index in [0.717, 1.165) is 29.3 Å². The molecule has 0 bridgehead atoms. The Bertz CT molecular complexity index is 445. The molecule has 0 spiro atoms. The minimum Gasteiger partial charge on any atom is -0.484 e. The first kappa shape index (κ1) is 13.5. The van der Waals surface area contributed by atoms with E-state index in [4.69, 9.17) is 10.5 Å². The fourth-order valence-corrected chi connectivity index (χ4v) is 2.59. The van der Waals surface area contributed by atoms with Crippen LogP contribution in [0.2, 0.25) is 0 Å². The number of nitro benzene ring substituents is 1. The van der Waals surface area contributed by atoms with Crippen LogP contribution in [-0.2, 0) is 0 Å². The van der Waals surface area contributed by atoms with Crippen LogP contribution in [-0.4, -0.2) is 17.1 Å². The normalized spacial score (nSPS) is 23.7. The van der Waals surface area contributed by atoms with Crippen molar-refractivity contribution in [2.24, 2.45) is 5.73 Å². The van der Waals surface area contributed by atoms with Gasteiger partial charge in [0.1, 0.15) is 0 Å². The van der Waals surface area contributed by atoms with Gasteiger partial charge in [0.15, 0.2) is 5.75 Å². The van der Waals surface area contributed by atoms with Gasteiger partial charge < -0.3 is 10.5 Å².